The van der Waals surface area contributed by atoms with Crippen LogP contribution in [0.15, 0.2) is 5.38 Å². The lowest BCUT2D eigenvalue weighted by molar-refractivity contribution is 0.467. The molecule has 3 rings (SSSR count). The topological polar surface area (TPSA) is 24.9 Å². The molecule has 0 atom stereocenters. The van der Waals surface area contributed by atoms with Gasteiger partial charge in [0, 0.05) is 11.9 Å². The zero-order valence-corrected chi connectivity index (χ0v) is 10.1. The number of aromatic nitrogens is 1. The van der Waals surface area contributed by atoms with E-state index in [0.29, 0.717) is 5.41 Å². The minimum absolute atomic E-state index is 0.679. The molecule has 2 aliphatic rings. The largest absolute Gasteiger partial charge is 0.361 e. The van der Waals surface area contributed by atoms with E-state index in [2.05, 4.69) is 22.6 Å². The van der Waals surface area contributed by atoms with Crippen LogP contribution in [0.5, 0.6) is 0 Å². The zero-order valence-electron chi connectivity index (χ0n) is 9.25. The van der Waals surface area contributed by atoms with E-state index in [1.54, 1.807) is 11.3 Å². The third kappa shape index (κ3) is 1.89. The molecule has 82 valence electrons. The highest BCUT2D eigenvalue weighted by molar-refractivity contribution is 7.13. The molecule has 0 aliphatic heterocycles. The molecule has 1 N–H and O–H groups in total. The van der Waals surface area contributed by atoms with Crippen LogP contribution in [-0.2, 0) is 6.42 Å². The molecule has 2 saturated carbocycles. The number of rotatable bonds is 5. The summed E-state index contributed by atoms with van der Waals surface area (Å²) in [6.45, 7) is 3.32. The Hall–Kier alpha value is -0.570. The summed E-state index contributed by atoms with van der Waals surface area (Å²) in [6.07, 6.45) is 6.87. The van der Waals surface area contributed by atoms with Gasteiger partial charge >= 0.3 is 0 Å². The van der Waals surface area contributed by atoms with Crippen molar-refractivity contribution in [2.24, 2.45) is 11.3 Å². The molecule has 0 saturated heterocycles. The lowest BCUT2D eigenvalue weighted by Gasteiger charge is -2.13. The Labute approximate surface area is 95.1 Å². The Morgan fingerprint density at radius 1 is 1.53 bits per heavy atom. The molecule has 0 unspecified atom stereocenters. The van der Waals surface area contributed by atoms with Gasteiger partial charge in [-0.2, -0.15) is 0 Å². The zero-order chi connectivity index (χ0) is 10.3. The molecule has 1 heterocycles. The summed E-state index contributed by atoms with van der Waals surface area (Å²) < 4.78 is 0. The second kappa shape index (κ2) is 3.48. The first-order valence-electron chi connectivity index (χ1n) is 6.01. The first-order chi connectivity index (χ1) is 7.32. The van der Waals surface area contributed by atoms with Crippen molar-refractivity contribution >= 4 is 16.5 Å². The van der Waals surface area contributed by atoms with Gasteiger partial charge in [0.2, 0.25) is 0 Å². The third-order valence-electron chi connectivity index (χ3n) is 3.84. The van der Waals surface area contributed by atoms with Gasteiger partial charge in [0.25, 0.3) is 0 Å². The molecular weight excluding hydrogens is 204 g/mol. The fourth-order valence-corrected chi connectivity index (χ4v) is 3.18. The van der Waals surface area contributed by atoms with Gasteiger partial charge in [-0.05, 0) is 43.4 Å². The van der Waals surface area contributed by atoms with E-state index in [9.17, 15) is 0 Å². The highest BCUT2D eigenvalue weighted by atomic mass is 32.1. The SMILES string of the molecule is CCc1csc(NCC2(C3CC3)CC2)n1. The van der Waals surface area contributed by atoms with Gasteiger partial charge in [-0.3, -0.25) is 0 Å². The summed E-state index contributed by atoms with van der Waals surface area (Å²) in [5.41, 5.74) is 1.90. The third-order valence-corrected chi connectivity index (χ3v) is 4.69. The number of nitrogens with one attached hydrogen (secondary N) is 1. The van der Waals surface area contributed by atoms with Gasteiger partial charge in [0.15, 0.2) is 5.13 Å². The van der Waals surface area contributed by atoms with Crippen molar-refractivity contribution < 1.29 is 0 Å². The molecule has 2 nitrogen and oxygen atoms in total. The molecule has 0 spiro atoms. The molecule has 1 aromatic heterocycles. The molecule has 1 aromatic rings. The second-order valence-corrected chi connectivity index (χ2v) is 5.85. The van der Waals surface area contributed by atoms with Crippen molar-refractivity contribution in [1.29, 1.82) is 0 Å². The maximum Gasteiger partial charge on any atom is 0.182 e. The number of anilines is 1. The number of hydrogen-bond acceptors (Lipinski definition) is 3. The minimum Gasteiger partial charge on any atom is -0.361 e. The van der Waals surface area contributed by atoms with Crippen molar-refractivity contribution in [2.75, 3.05) is 11.9 Å². The van der Waals surface area contributed by atoms with E-state index in [1.165, 1.54) is 31.4 Å². The van der Waals surface area contributed by atoms with Crippen LogP contribution in [0.3, 0.4) is 0 Å². The Morgan fingerprint density at radius 3 is 2.87 bits per heavy atom. The summed E-state index contributed by atoms with van der Waals surface area (Å²) >= 11 is 1.75. The summed E-state index contributed by atoms with van der Waals surface area (Å²) in [4.78, 5) is 4.55. The Morgan fingerprint density at radius 2 is 2.33 bits per heavy atom. The van der Waals surface area contributed by atoms with Crippen molar-refractivity contribution in [1.82, 2.24) is 4.98 Å². The van der Waals surface area contributed by atoms with Gasteiger partial charge in [0.05, 0.1) is 5.69 Å². The van der Waals surface area contributed by atoms with E-state index < -0.39 is 0 Å². The summed E-state index contributed by atoms with van der Waals surface area (Å²) in [5, 5.41) is 6.82. The normalized spacial score (nSPS) is 22.7. The average Bonchev–Trinajstić information content (AvgIpc) is 3.13. The smallest absolute Gasteiger partial charge is 0.182 e. The van der Waals surface area contributed by atoms with Gasteiger partial charge < -0.3 is 5.32 Å². The Kier molecular flexibility index (Phi) is 2.23. The fraction of sp³-hybridized carbons (Fsp3) is 0.750. The molecule has 0 bridgehead atoms. The molecule has 2 fully saturated rings. The lowest BCUT2D eigenvalue weighted by atomic mass is 10.0. The predicted molar refractivity (Wildman–Crippen MR) is 64.4 cm³/mol. The van der Waals surface area contributed by atoms with Crippen LogP contribution in [0.25, 0.3) is 0 Å². The van der Waals surface area contributed by atoms with Crippen LogP contribution in [0.1, 0.15) is 38.3 Å². The summed E-state index contributed by atoms with van der Waals surface area (Å²) in [7, 11) is 0. The first kappa shape index (κ1) is 9.64. The first-order valence-corrected chi connectivity index (χ1v) is 6.89. The Balaban J connectivity index is 1.57. The highest BCUT2D eigenvalue weighted by Gasteiger charge is 2.53. The number of hydrogen-bond donors (Lipinski definition) is 1. The Bertz CT molecular complexity index is 350. The number of nitrogens with zero attached hydrogens (tertiary/aromatic N) is 1. The van der Waals surface area contributed by atoms with Crippen LogP contribution in [0, 0.1) is 11.3 Å². The van der Waals surface area contributed by atoms with Crippen LogP contribution >= 0.6 is 11.3 Å². The van der Waals surface area contributed by atoms with Crippen LogP contribution in [0.2, 0.25) is 0 Å². The van der Waals surface area contributed by atoms with Crippen molar-refractivity contribution in [3.8, 4) is 0 Å². The van der Waals surface area contributed by atoms with Gasteiger partial charge in [-0.1, -0.05) is 6.92 Å². The monoisotopic (exact) mass is 222 g/mol. The van der Waals surface area contributed by atoms with Crippen molar-refractivity contribution in [3.05, 3.63) is 11.1 Å². The second-order valence-electron chi connectivity index (χ2n) is 4.99. The molecule has 0 aromatic carbocycles. The van der Waals surface area contributed by atoms with Gasteiger partial charge in [0.1, 0.15) is 0 Å². The van der Waals surface area contributed by atoms with E-state index in [4.69, 9.17) is 0 Å². The highest BCUT2D eigenvalue weighted by Crippen LogP contribution is 2.61. The predicted octanol–water partition coefficient (Wildman–Crippen LogP) is 3.31. The maximum atomic E-state index is 4.55. The fourth-order valence-electron chi connectivity index (χ4n) is 2.39. The van der Waals surface area contributed by atoms with E-state index in [-0.39, 0.29) is 0 Å². The maximum absolute atomic E-state index is 4.55. The van der Waals surface area contributed by atoms with Crippen molar-refractivity contribution in [3.63, 3.8) is 0 Å². The van der Waals surface area contributed by atoms with E-state index in [1.807, 2.05) is 0 Å². The van der Waals surface area contributed by atoms with Crippen molar-refractivity contribution in [2.45, 2.75) is 39.0 Å². The summed E-state index contributed by atoms with van der Waals surface area (Å²) in [5.74, 6) is 1.04. The van der Waals surface area contributed by atoms with Crippen LogP contribution in [0.4, 0.5) is 5.13 Å². The lowest BCUT2D eigenvalue weighted by Crippen LogP contribution is -2.17. The quantitative estimate of drug-likeness (QED) is 0.826. The average molecular weight is 222 g/mol. The molecule has 0 amide bonds. The molecule has 0 radical (unpaired) electrons. The van der Waals surface area contributed by atoms with Gasteiger partial charge in [-0.25, -0.2) is 4.98 Å². The minimum atomic E-state index is 0.679. The number of thiazole rings is 1. The summed E-state index contributed by atoms with van der Waals surface area (Å²) in [6, 6.07) is 0. The number of aryl methyl sites for hydroxylation is 1. The van der Waals surface area contributed by atoms with E-state index >= 15 is 0 Å². The van der Waals surface area contributed by atoms with Crippen LogP contribution in [-0.4, -0.2) is 11.5 Å². The van der Waals surface area contributed by atoms with Gasteiger partial charge in [-0.15, -0.1) is 11.3 Å². The van der Waals surface area contributed by atoms with E-state index in [0.717, 1.165) is 24.0 Å². The molecule has 15 heavy (non-hydrogen) atoms. The molecular formula is C12H18N2S. The standard InChI is InChI=1S/C12H18N2S/c1-2-10-7-15-11(14-10)13-8-12(5-6-12)9-3-4-9/h7,9H,2-6,8H2,1H3,(H,13,14). The molecule has 3 heteroatoms. The van der Waals surface area contributed by atoms with Crippen LogP contribution < -0.4 is 5.32 Å². The molecule has 2 aliphatic carbocycles.